The number of hydrogen-bond donors (Lipinski definition) is 5. The zero-order valence-electron chi connectivity index (χ0n) is 34.9. The first-order chi connectivity index (χ1) is 27.7. The van der Waals surface area contributed by atoms with E-state index >= 15 is 0 Å². The summed E-state index contributed by atoms with van der Waals surface area (Å²) >= 11 is 0. The normalized spacial score (nSPS) is 23.8. The highest BCUT2D eigenvalue weighted by molar-refractivity contribution is 7.91. The van der Waals surface area contributed by atoms with Crippen molar-refractivity contribution in [2.24, 2.45) is 23.2 Å². The van der Waals surface area contributed by atoms with Crippen LogP contribution in [0, 0.1) is 23.2 Å². The molecule has 334 valence electrons. The number of rotatable bonds is 17. The van der Waals surface area contributed by atoms with Crippen molar-refractivity contribution < 1.29 is 50.5 Å². The molecule has 0 bridgehead atoms. The van der Waals surface area contributed by atoms with Crippen LogP contribution in [0.3, 0.4) is 0 Å². The number of likely N-dealkylation sites (tertiary alicyclic amines) is 1. The zero-order chi connectivity index (χ0) is 43.5. The monoisotopic (exact) mass is 856 g/mol. The Bertz CT molecular complexity index is 2070. The van der Waals surface area contributed by atoms with Crippen molar-refractivity contribution in [3.63, 3.8) is 0 Å². The molecule has 2 aromatic rings. The number of H-pyrrole nitrogens is 1. The van der Waals surface area contributed by atoms with E-state index in [0.29, 0.717) is 37.8 Å². The highest BCUT2D eigenvalue weighted by Gasteiger charge is 2.67. The topological polar surface area (TPSA) is 217 Å². The van der Waals surface area contributed by atoms with E-state index in [4.69, 9.17) is 4.74 Å². The van der Waals surface area contributed by atoms with E-state index in [-0.39, 0.29) is 22.3 Å². The molecule has 4 amide bonds. The quantitative estimate of drug-likeness (QED) is 0.117. The Hall–Kier alpha value is -4.35. The first-order valence-corrected chi connectivity index (χ1v) is 22.2. The van der Waals surface area contributed by atoms with Gasteiger partial charge in [-0.3, -0.25) is 23.9 Å². The number of benzene rings is 1. The van der Waals surface area contributed by atoms with Crippen molar-refractivity contribution in [2.75, 3.05) is 13.7 Å². The van der Waals surface area contributed by atoms with Crippen molar-refractivity contribution in [1.29, 1.82) is 0 Å². The van der Waals surface area contributed by atoms with Gasteiger partial charge in [0.1, 0.15) is 29.1 Å². The maximum atomic E-state index is 13.7. The summed E-state index contributed by atoms with van der Waals surface area (Å²) in [6.07, 6.45) is 5.91. The largest absolute Gasteiger partial charge is 0.497 e. The van der Waals surface area contributed by atoms with Gasteiger partial charge in [0.15, 0.2) is 0 Å². The van der Waals surface area contributed by atoms with Crippen LogP contribution in [0.1, 0.15) is 122 Å². The van der Waals surface area contributed by atoms with E-state index in [1.165, 1.54) is 43.9 Å². The molecule has 0 spiro atoms. The van der Waals surface area contributed by atoms with Crippen molar-refractivity contribution in [2.45, 2.75) is 147 Å². The minimum atomic E-state index is -4.14. The van der Waals surface area contributed by atoms with Gasteiger partial charge in [-0.15, -0.1) is 0 Å². The van der Waals surface area contributed by atoms with Crippen LogP contribution in [-0.4, -0.2) is 94.7 Å². The van der Waals surface area contributed by atoms with Crippen LogP contribution in [0.2, 0.25) is 0 Å². The average molecular weight is 857 g/mol. The molecule has 4 aliphatic rings. The number of hydrogen-bond acceptors (Lipinski definition) is 9. The molecular weight excluding hydrogens is 791 g/mol. The van der Waals surface area contributed by atoms with Crippen molar-refractivity contribution in [3.8, 4) is 5.75 Å². The number of methoxy groups -OCH3 is 1. The van der Waals surface area contributed by atoms with Crippen LogP contribution in [0.4, 0.5) is 13.6 Å². The molecule has 2 heterocycles. The summed E-state index contributed by atoms with van der Waals surface area (Å²) in [6, 6.07) is 3.24. The average Bonchev–Trinajstić information content (AvgIpc) is 4.10. The number of fused-ring (bicyclic) bond motifs is 1. The molecule has 3 saturated carbocycles. The third-order valence-corrected chi connectivity index (χ3v) is 14.4. The van der Waals surface area contributed by atoms with Gasteiger partial charge in [0.25, 0.3) is 11.5 Å². The molecule has 0 unspecified atom stereocenters. The first-order valence-electron chi connectivity index (χ1n) is 20.7. The van der Waals surface area contributed by atoms with E-state index in [1.54, 1.807) is 27.9 Å². The fourth-order valence-corrected chi connectivity index (χ4v) is 9.22. The molecule has 1 aromatic carbocycles. The second-order valence-electron chi connectivity index (χ2n) is 18.0. The first kappa shape index (κ1) is 45.7. The van der Waals surface area contributed by atoms with Gasteiger partial charge in [-0.25, -0.2) is 27.0 Å². The molecule has 4 fully saturated rings. The van der Waals surface area contributed by atoms with Gasteiger partial charge in [-0.05, 0) is 81.3 Å². The third-order valence-electron chi connectivity index (χ3n) is 12.2. The van der Waals surface area contributed by atoms with Gasteiger partial charge in [-0.2, -0.15) is 0 Å². The molecule has 1 aromatic heterocycles. The Labute approximate surface area is 348 Å². The van der Waals surface area contributed by atoms with Gasteiger partial charge in [0.05, 0.1) is 28.8 Å². The second-order valence-corrected chi connectivity index (χ2v) is 20.2. The predicted octanol–water partition coefficient (Wildman–Crippen LogP) is 6.01. The van der Waals surface area contributed by atoms with Crippen molar-refractivity contribution >= 4 is 44.9 Å². The van der Waals surface area contributed by atoms with Crippen LogP contribution in [-0.2, 0) is 30.8 Å². The highest BCUT2D eigenvalue weighted by atomic mass is 32.2. The molecule has 59 heavy (non-hydrogen) atoms. The van der Waals surface area contributed by atoms with Gasteiger partial charge in [0.2, 0.25) is 28.3 Å². The van der Waals surface area contributed by atoms with E-state index in [1.807, 2.05) is 29.8 Å². The number of aryl methyl sites for hydroxylation is 1. The number of unbranched alkanes of at least 4 members (excludes halogenated alkanes) is 2. The van der Waals surface area contributed by atoms with E-state index in [9.17, 15) is 46.3 Å². The Balaban J connectivity index is 0.000000468. The predicted molar refractivity (Wildman–Crippen MR) is 223 cm³/mol. The van der Waals surface area contributed by atoms with Crippen LogP contribution in [0.25, 0.3) is 11.0 Å². The summed E-state index contributed by atoms with van der Waals surface area (Å²) in [5, 5.41) is 13.9. The minimum absolute atomic E-state index is 0. The fraction of sp³-hybridized carbons (Fsp3) is 0.707. The van der Waals surface area contributed by atoms with E-state index in [2.05, 4.69) is 20.6 Å². The molecule has 5 atom stereocenters. The highest BCUT2D eigenvalue weighted by Crippen LogP contribution is 2.49. The maximum Gasteiger partial charge on any atom is 0.405 e. The number of aromatic nitrogens is 2. The number of carboxylic acid groups (broad SMARTS) is 1. The lowest BCUT2D eigenvalue weighted by molar-refractivity contribution is -0.144. The number of ether oxygens (including phenoxy) is 1. The lowest BCUT2D eigenvalue weighted by Gasteiger charge is -2.36. The lowest BCUT2D eigenvalue weighted by atomic mass is 9.85. The number of nitrogens with one attached hydrogen (secondary N) is 4. The van der Waals surface area contributed by atoms with Gasteiger partial charge >= 0.3 is 6.09 Å². The minimum Gasteiger partial charge on any atom is -0.497 e. The Morgan fingerprint density at radius 3 is 2.36 bits per heavy atom. The van der Waals surface area contributed by atoms with Crippen molar-refractivity contribution in [1.82, 2.24) is 30.2 Å². The molecule has 1 aliphatic heterocycles. The Morgan fingerprint density at radius 2 is 1.80 bits per heavy atom. The molecule has 3 aliphatic carbocycles. The van der Waals surface area contributed by atoms with Gasteiger partial charge < -0.3 is 30.4 Å². The molecule has 1 saturated heterocycles. The third kappa shape index (κ3) is 10.9. The summed E-state index contributed by atoms with van der Waals surface area (Å²) in [5.41, 5.74) is -0.831. The lowest BCUT2D eigenvalue weighted by Crippen LogP contribution is -2.61. The SMILES string of the molecule is CCC[C@@H]1CCN(C(=O)[C@@H](NC(=O)O)C(C)(C)C)[C@@H]1C(=O)N[C@]1(C(=O)NS(=O)(=O)C2(C)CC2)C[C@H]1C(F)F.COc1ccc2nc(CCCCCC3CC3)c(=O)[nH]c2c1.[HH].[HH].[HH]. The molecule has 0 radical (unpaired) electrons. The van der Waals surface area contributed by atoms with Crippen LogP contribution >= 0.6 is 0 Å². The summed E-state index contributed by atoms with van der Waals surface area (Å²) in [5.74, 6) is -2.90. The fourth-order valence-electron chi connectivity index (χ4n) is 7.91. The number of carbonyl (C=O) groups excluding carboxylic acids is 3. The molecule has 18 heteroatoms. The number of sulfonamides is 1. The maximum absolute atomic E-state index is 13.7. The summed E-state index contributed by atoms with van der Waals surface area (Å²) in [4.78, 5) is 72.3. The summed E-state index contributed by atoms with van der Waals surface area (Å²) in [7, 11) is -2.53. The van der Waals surface area contributed by atoms with Crippen LogP contribution < -0.4 is 25.7 Å². The van der Waals surface area contributed by atoms with E-state index in [0.717, 1.165) is 35.5 Å². The zero-order valence-corrected chi connectivity index (χ0v) is 35.7. The van der Waals surface area contributed by atoms with Crippen molar-refractivity contribution in [3.05, 3.63) is 34.2 Å². The molecular formula is C41H66F2N6O9S. The molecule has 5 N–H and O–H groups in total. The number of aromatic amines is 1. The molecule has 15 nitrogen and oxygen atoms in total. The molecule has 6 rings (SSSR count). The Morgan fingerprint density at radius 1 is 1.10 bits per heavy atom. The number of alkyl halides is 2. The van der Waals surface area contributed by atoms with Crippen LogP contribution in [0.5, 0.6) is 5.75 Å². The van der Waals surface area contributed by atoms with Crippen LogP contribution in [0.15, 0.2) is 23.0 Å². The number of amides is 4. The number of carbonyl (C=O) groups is 4. The summed E-state index contributed by atoms with van der Waals surface area (Å²) in [6.45, 7) is 8.46. The number of nitrogens with zero attached hydrogens (tertiary/aromatic N) is 2. The number of halogens is 2. The smallest absolute Gasteiger partial charge is 0.405 e. The van der Waals surface area contributed by atoms with E-state index < -0.39 is 80.4 Å². The summed E-state index contributed by atoms with van der Waals surface area (Å²) < 4.78 is 58.6. The van der Waals surface area contributed by atoms with Gasteiger partial charge in [0, 0.05) is 16.9 Å². The van der Waals surface area contributed by atoms with Gasteiger partial charge in [-0.1, -0.05) is 66.2 Å². The Kier molecular flexibility index (Phi) is 14.0. The standard InChI is InChI=1S/C24H38F2N4O7S.C17H22N2O2.3H2/c1-6-7-13-8-11-30(19(32)16(22(2,3)4)27-21(34)35)15(13)18(31)28-24(12-14(24)17(25)26)20(33)29-38(36,37)23(5)9-10-23;1-21-13-9-10-14-16(11-13)19-17(20)15(18-14)6-4-2-3-5-12-7-8-12;;;/h13-17,27H,6-12H2,1-5H3,(H,28,31)(H,29,33)(H,34,35);9-12H,2-8H2,1H3,(H,19,20);3*1H/t13-,14+,15+,16-,24-;;;;/m1..../s1. The second kappa shape index (κ2) is 18.1.